The average Bonchev–Trinajstić information content (AvgIpc) is 2.47. The number of benzene rings is 1. The second-order valence-electron chi connectivity index (χ2n) is 4.41. The first-order valence-corrected chi connectivity index (χ1v) is 8.09. The van der Waals surface area contributed by atoms with Gasteiger partial charge in [-0.15, -0.1) is 0 Å². The molecule has 0 saturated heterocycles. The fourth-order valence-electron chi connectivity index (χ4n) is 1.70. The van der Waals surface area contributed by atoms with Crippen molar-refractivity contribution in [2.24, 2.45) is 5.11 Å². The Bertz CT molecular complexity index is 651. The van der Waals surface area contributed by atoms with Crippen molar-refractivity contribution < 1.29 is 17.9 Å². The molecule has 1 rings (SSSR count). The van der Waals surface area contributed by atoms with Crippen molar-refractivity contribution in [3.63, 3.8) is 0 Å². The molecule has 22 heavy (non-hydrogen) atoms. The summed E-state index contributed by atoms with van der Waals surface area (Å²) in [5.74, 6) is -0.654. The van der Waals surface area contributed by atoms with E-state index >= 15 is 0 Å². The molecule has 0 aliphatic carbocycles. The van der Waals surface area contributed by atoms with E-state index < -0.39 is 22.5 Å². The lowest BCUT2D eigenvalue weighted by Crippen LogP contribution is -2.38. The van der Waals surface area contributed by atoms with Gasteiger partial charge in [0.25, 0.3) is 0 Å². The average molecular weight is 326 g/mol. The molecule has 0 N–H and O–H groups in total. The van der Waals surface area contributed by atoms with Crippen molar-refractivity contribution in [2.75, 3.05) is 26.2 Å². The SMILES string of the molecule is CCOC(=O)CN(CCN=[N+]=[N-])S(=O)(=O)c1ccc(C)cc1. The predicted molar refractivity (Wildman–Crippen MR) is 80.6 cm³/mol. The number of carbonyl (C=O) groups excluding carboxylic acids is 1. The first-order valence-electron chi connectivity index (χ1n) is 6.65. The molecule has 0 unspecified atom stereocenters. The summed E-state index contributed by atoms with van der Waals surface area (Å²) >= 11 is 0. The topological polar surface area (TPSA) is 112 Å². The quantitative estimate of drug-likeness (QED) is 0.314. The number of ether oxygens (including phenoxy) is 1. The number of hydrogen-bond donors (Lipinski definition) is 0. The van der Waals surface area contributed by atoms with Crippen LogP contribution in [-0.2, 0) is 19.6 Å². The zero-order valence-electron chi connectivity index (χ0n) is 12.5. The molecule has 0 aliphatic rings. The van der Waals surface area contributed by atoms with Crippen LogP contribution in [0.1, 0.15) is 12.5 Å². The summed E-state index contributed by atoms with van der Waals surface area (Å²) in [4.78, 5) is 14.2. The van der Waals surface area contributed by atoms with Gasteiger partial charge in [-0.25, -0.2) is 8.42 Å². The maximum atomic E-state index is 12.6. The third-order valence-electron chi connectivity index (χ3n) is 2.78. The van der Waals surface area contributed by atoms with E-state index in [9.17, 15) is 13.2 Å². The Hall–Kier alpha value is -2.09. The lowest BCUT2D eigenvalue weighted by Gasteiger charge is -2.20. The summed E-state index contributed by atoms with van der Waals surface area (Å²) in [5.41, 5.74) is 9.22. The molecule has 0 amide bonds. The summed E-state index contributed by atoms with van der Waals surface area (Å²) in [6.45, 7) is 3.05. The van der Waals surface area contributed by atoms with E-state index in [4.69, 9.17) is 10.3 Å². The van der Waals surface area contributed by atoms with Crippen molar-refractivity contribution in [1.82, 2.24) is 4.31 Å². The zero-order chi connectivity index (χ0) is 16.6. The summed E-state index contributed by atoms with van der Waals surface area (Å²) in [6.07, 6.45) is 0. The van der Waals surface area contributed by atoms with Crippen LogP contribution in [0.4, 0.5) is 0 Å². The molecule has 0 atom stereocenters. The molecule has 0 aromatic heterocycles. The largest absolute Gasteiger partial charge is 0.465 e. The number of aryl methyl sites for hydroxylation is 1. The van der Waals surface area contributed by atoms with E-state index in [2.05, 4.69) is 10.0 Å². The van der Waals surface area contributed by atoms with Gasteiger partial charge < -0.3 is 4.74 Å². The summed E-state index contributed by atoms with van der Waals surface area (Å²) in [6, 6.07) is 6.28. The van der Waals surface area contributed by atoms with Crippen molar-refractivity contribution in [1.29, 1.82) is 0 Å². The predicted octanol–water partition coefficient (Wildman–Crippen LogP) is 1.86. The zero-order valence-corrected chi connectivity index (χ0v) is 13.3. The fourth-order valence-corrected chi connectivity index (χ4v) is 3.07. The van der Waals surface area contributed by atoms with Crippen molar-refractivity contribution in [3.05, 3.63) is 40.3 Å². The molecular formula is C13H18N4O4S. The Labute approximate surface area is 129 Å². The van der Waals surface area contributed by atoms with E-state index in [0.29, 0.717) is 0 Å². The van der Waals surface area contributed by atoms with Gasteiger partial charge in [0.15, 0.2) is 0 Å². The summed E-state index contributed by atoms with van der Waals surface area (Å²) in [5, 5.41) is 3.31. The highest BCUT2D eigenvalue weighted by Crippen LogP contribution is 2.16. The van der Waals surface area contributed by atoms with Crippen LogP contribution in [0.5, 0.6) is 0 Å². The lowest BCUT2D eigenvalue weighted by molar-refractivity contribution is -0.143. The molecule has 9 heteroatoms. The normalized spacial score (nSPS) is 11.0. The first-order chi connectivity index (χ1) is 10.4. The standard InChI is InChI=1S/C13H18N4O4S/c1-3-21-13(18)10-17(9-8-15-16-14)22(19,20)12-6-4-11(2)5-7-12/h4-7H,3,8-10H2,1-2H3. The molecule has 120 valence electrons. The van der Waals surface area contributed by atoms with Gasteiger partial charge in [0, 0.05) is 18.0 Å². The molecule has 0 fully saturated rings. The van der Waals surface area contributed by atoms with Crippen LogP contribution in [0, 0.1) is 6.92 Å². The number of nitrogens with zero attached hydrogens (tertiary/aromatic N) is 4. The minimum absolute atomic E-state index is 0.0685. The van der Waals surface area contributed by atoms with Gasteiger partial charge in [-0.3, -0.25) is 4.79 Å². The summed E-state index contributed by atoms with van der Waals surface area (Å²) in [7, 11) is -3.86. The van der Waals surface area contributed by atoms with Gasteiger partial charge in [-0.1, -0.05) is 22.8 Å². The first kappa shape index (κ1) is 18.0. The van der Waals surface area contributed by atoms with Gasteiger partial charge in [0.05, 0.1) is 11.5 Å². The van der Waals surface area contributed by atoms with E-state index in [0.717, 1.165) is 9.87 Å². The van der Waals surface area contributed by atoms with Crippen molar-refractivity contribution in [3.8, 4) is 0 Å². The third kappa shape index (κ3) is 5.03. The minimum atomic E-state index is -3.86. The van der Waals surface area contributed by atoms with Crippen LogP contribution < -0.4 is 0 Å². The number of sulfonamides is 1. The molecule has 0 aliphatic heterocycles. The molecule has 1 aromatic carbocycles. The fraction of sp³-hybridized carbons (Fsp3) is 0.462. The lowest BCUT2D eigenvalue weighted by atomic mass is 10.2. The van der Waals surface area contributed by atoms with Gasteiger partial charge in [0.1, 0.15) is 6.54 Å². The van der Waals surface area contributed by atoms with Crippen LogP contribution in [0.25, 0.3) is 10.4 Å². The Kier molecular flexibility index (Phi) is 6.84. The Balaban J connectivity index is 3.03. The molecule has 1 aromatic rings. The van der Waals surface area contributed by atoms with E-state index in [-0.39, 0.29) is 24.6 Å². The molecule has 0 spiro atoms. The third-order valence-corrected chi connectivity index (χ3v) is 4.64. The smallest absolute Gasteiger partial charge is 0.321 e. The Morgan fingerprint density at radius 1 is 1.36 bits per heavy atom. The van der Waals surface area contributed by atoms with Crippen LogP contribution in [-0.4, -0.2) is 44.9 Å². The number of rotatable bonds is 8. The molecule has 0 bridgehead atoms. The highest BCUT2D eigenvalue weighted by molar-refractivity contribution is 7.89. The Morgan fingerprint density at radius 2 is 2.00 bits per heavy atom. The van der Waals surface area contributed by atoms with Crippen molar-refractivity contribution in [2.45, 2.75) is 18.7 Å². The molecule has 0 radical (unpaired) electrons. The van der Waals surface area contributed by atoms with Gasteiger partial charge in [-0.05, 0) is 31.5 Å². The minimum Gasteiger partial charge on any atom is -0.465 e. The number of carbonyl (C=O) groups is 1. The van der Waals surface area contributed by atoms with E-state index in [1.54, 1.807) is 19.1 Å². The summed E-state index contributed by atoms with van der Waals surface area (Å²) < 4.78 is 30.9. The van der Waals surface area contributed by atoms with Crippen LogP contribution in [0.15, 0.2) is 34.3 Å². The number of hydrogen-bond acceptors (Lipinski definition) is 5. The molecule has 0 heterocycles. The van der Waals surface area contributed by atoms with E-state index in [1.165, 1.54) is 12.1 Å². The Morgan fingerprint density at radius 3 is 2.55 bits per heavy atom. The highest BCUT2D eigenvalue weighted by atomic mass is 32.2. The van der Waals surface area contributed by atoms with Crippen LogP contribution in [0.3, 0.4) is 0 Å². The second-order valence-corrected chi connectivity index (χ2v) is 6.35. The van der Waals surface area contributed by atoms with Crippen LogP contribution >= 0.6 is 0 Å². The monoisotopic (exact) mass is 326 g/mol. The van der Waals surface area contributed by atoms with Gasteiger partial charge >= 0.3 is 5.97 Å². The molecule has 8 nitrogen and oxygen atoms in total. The highest BCUT2D eigenvalue weighted by Gasteiger charge is 2.26. The maximum Gasteiger partial charge on any atom is 0.321 e. The van der Waals surface area contributed by atoms with Gasteiger partial charge in [-0.2, -0.15) is 4.31 Å². The number of azide groups is 1. The van der Waals surface area contributed by atoms with Crippen molar-refractivity contribution >= 4 is 16.0 Å². The van der Waals surface area contributed by atoms with Crippen LogP contribution in [0.2, 0.25) is 0 Å². The second kappa shape index (κ2) is 8.38. The number of esters is 1. The van der Waals surface area contributed by atoms with E-state index in [1.807, 2.05) is 6.92 Å². The van der Waals surface area contributed by atoms with Gasteiger partial charge in [0.2, 0.25) is 10.0 Å². The molecule has 0 saturated carbocycles. The maximum absolute atomic E-state index is 12.6. The molecular weight excluding hydrogens is 308 g/mol.